The van der Waals surface area contributed by atoms with E-state index in [0.717, 1.165) is 19.4 Å². The average Bonchev–Trinajstić information content (AvgIpc) is 2.84. The first-order chi connectivity index (χ1) is 10.0. The summed E-state index contributed by atoms with van der Waals surface area (Å²) in [4.78, 5) is 0. The molecule has 1 atom stereocenters. The van der Waals surface area contributed by atoms with Crippen LogP contribution in [0.5, 0.6) is 0 Å². The second kappa shape index (κ2) is 7.41. The molecule has 2 aromatic rings. The van der Waals surface area contributed by atoms with Crippen molar-refractivity contribution in [2.75, 3.05) is 6.54 Å². The minimum absolute atomic E-state index is 0.526. The predicted molar refractivity (Wildman–Crippen MR) is 88.4 cm³/mol. The summed E-state index contributed by atoms with van der Waals surface area (Å²) in [7, 11) is 1.98. The third-order valence-corrected chi connectivity index (χ3v) is 3.87. The third-order valence-electron chi connectivity index (χ3n) is 3.87. The van der Waals surface area contributed by atoms with Gasteiger partial charge in [0, 0.05) is 19.3 Å². The molecule has 2 rings (SSSR count). The number of hydrogen-bond acceptors (Lipinski definition) is 2. The molecule has 0 saturated carbocycles. The zero-order valence-corrected chi connectivity index (χ0v) is 13.6. The quantitative estimate of drug-likeness (QED) is 0.847. The van der Waals surface area contributed by atoms with Crippen LogP contribution in [0.25, 0.3) is 0 Å². The van der Waals surface area contributed by atoms with E-state index in [0.29, 0.717) is 12.0 Å². The standard InChI is InChI=1S/C18H27N3/c1-14(2)19-11-16(9-17-12-20-21(4)13-17)10-18-8-6-5-7-15(18)3/h5-8,12-14,16,19H,9-11H2,1-4H3. The molecular formula is C18H27N3. The van der Waals surface area contributed by atoms with E-state index in [9.17, 15) is 0 Å². The number of hydrogen-bond donors (Lipinski definition) is 1. The molecule has 114 valence electrons. The normalized spacial score (nSPS) is 12.8. The van der Waals surface area contributed by atoms with Crippen LogP contribution >= 0.6 is 0 Å². The van der Waals surface area contributed by atoms with Gasteiger partial charge in [0.2, 0.25) is 0 Å². The van der Waals surface area contributed by atoms with Gasteiger partial charge in [-0.15, -0.1) is 0 Å². The van der Waals surface area contributed by atoms with Gasteiger partial charge in [-0.2, -0.15) is 5.10 Å². The lowest BCUT2D eigenvalue weighted by Crippen LogP contribution is -2.31. The topological polar surface area (TPSA) is 29.9 Å². The Morgan fingerprint density at radius 2 is 1.95 bits per heavy atom. The van der Waals surface area contributed by atoms with Crippen molar-refractivity contribution in [1.29, 1.82) is 0 Å². The zero-order valence-electron chi connectivity index (χ0n) is 13.6. The second-order valence-corrected chi connectivity index (χ2v) is 6.29. The highest BCUT2D eigenvalue weighted by molar-refractivity contribution is 5.26. The molecule has 0 saturated heterocycles. The lowest BCUT2D eigenvalue weighted by molar-refractivity contribution is 0.443. The third kappa shape index (κ3) is 5.01. The van der Waals surface area contributed by atoms with Crippen molar-refractivity contribution in [3.05, 3.63) is 53.3 Å². The van der Waals surface area contributed by atoms with Gasteiger partial charge < -0.3 is 5.32 Å². The predicted octanol–water partition coefficient (Wildman–Crippen LogP) is 3.13. The highest BCUT2D eigenvalue weighted by Crippen LogP contribution is 2.17. The minimum Gasteiger partial charge on any atom is -0.314 e. The maximum absolute atomic E-state index is 4.29. The number of aromatic nitrogens is 2. The molecule has 0 spiro atoms. The summed E-state index contributed by atoms with van der Waals surface area (Å²) in [6.07, 6.45) is 6.30. The molecule has 0 fully saturated rings. The van der Waals surface area contributed by atoms with Crippen molar-refractivity contribution in [2.45, 2.75) is 39.7 Å². The molecule has 1 unspecified atom stereocenters. The molecule has 3 heteroatoms. The SMILES string of the molecule is Cc1ccccc1CC(CNC(C)C)Cc1cnn(C)c1. The van der Waals surface area contributed by atoms with Crippen LogP contribution in [-0.4, -0.2) is 22.4 Å². The maximum atomic E-state index is 4.29. The maximum Gasteiger partial charge on any atom is 0.0521 e. The molecule has 1 heterocycles. The van der Waals surface area contributed by atoms with Crippen LogP contribution < -0.4 is 5.32 Å². The van der Waals surface area contributed by atoms with Gasteiger partial charge in [0.25, 0.3) is 0 Å². The molecule has 1 aromatic carbocycles. The summed E-state index contributed by atoms with van der Waals surface area (Å²) in [5, 5.41) is 7.87. The van der Waals surface area contributed by atoms with Gasteiger partial charge in [0.05, 0.1) is 6.20 Å². The van der Waals surface area contributed by atoms with Gasteiger partial charge in [-0.1, -0.05) is 38.1 Å². The van der Waals surface area contributed by atoms with Crippen LogP contribution in [-0.2, 0) is 19.9 Å². The van der Waals surface area contributed by atoms with Crippen LogP contribution in [0.15, 0.2) is 36.7 Å². The van der Waals surface area contributed by atoms with Gasteiger partial charge >= 0.3 is 0 Å². The molecule has 0 aliphatic rings. The van der Waals surface area contributed by atoms with E-state index in [-0.39, 0.29) is 0 Å². The van der Waals surface area contributed by atoms with Crippen molar-refractivity contribution < 1.29 is 0 Å². The van der Waals surface area contributed by atoms with Crippen LogP contribution in [0.2, 0.25) is 0 Å². The van der Waals surface area contributed by atoms with Crippen molar-refractivity contribution in [1.82, 2.24) is 15.1 Å². The van der Waals surface area contributed by atoms with Crippen molar-refractivity contribution >= 4 is 0 Å². The highest BCUT2D eigenvalue weighted by Gasteiger charge is 2.13. The minimum atomic E-state index is 0.526. The Labute approximate surface area is 128 Å². The molecule has 0 radical (unpaired) electrons. The lowest BCUT2D eigenvalue weighted by atomic mass is 9.91. The first-order valence-electron chi connectivity index (χ1n) is 7.80. The fraction of sp³-hybridized carbons (Fsp3) is 0.500. The molecule has 3 nitrogen and oxygen atoms in total. The van der Waals surface area contributed by atoms with Gasteiger partial charge in [0.15, 0.2) is 0 Å². The van der Waals surface area contributed by atoms with Crippen LogP contribution in [0.1, 0.15) is 30.5 Å². The van der Waals surface area contributed by atoms with Crippen molar-refractivity contribution in [3.63, 3.8) is 0 Å². The number of nitrogens with one attached hydrogen (secondary N) is 1. The molecule has 21 heavy (non-hydrogen) atoms. The van der Waals surface area contributed by atoms with E-state index in [2.05, 4.69) is 61.6 Å². The monoisotopic (exact) mass is 285 g/mol. The number of aryl methyl sites for hydroxylation is 2. The summed E-state index contributed by atoms with van der Waals surface area (Å²) in [6, 6.07) is 9.23. The largest absolute Gasteiger partial charge is 0.314 e. The van der Waals surface area contributed by atoms with Gasteiger partial charge in [-0.05, 0) is 48.9 Å². The van der Waals surface area contributed by atoms with E-state index in [1.807, 2.05) is 17.9 Å². The number of nitrogens with zero attached hydrogens (tertiary/aromatic N) is 2. The highest BCUT2D eigenvalue weighted by atomic mass is 15.2. The fourth-order valence-corrected chi connectivity index (χ4v) is 2.68. The number of benzene rings is 1. The lowest BCUT2D eigenvalue weighted by Gasteiger charge is -2.20. The van der Waals surface area contributed by atoms with E-state index in [1.165, 1.54) is 16.7 Å². The Kier molecular flexibility index (Phi) is 5.57. The molecule has 1 aromatic heterocycles. The smallest absolute Gasteiger partial charge is 0.0521 e. The molecule has 0 bridgehead atoms. The van der Waals surface area contributed by atoms with E-state index in [4.69, 9.17) is 0 Å². The molecule has 0 aliphatic carbocycles. The van der Waals surface area contributed by atoms with E-state index >= 15 is 0 Å². The summed E-state index contributed by atoms with van der Waals surface area (Å²) >= 11 is 0. The average molecular weight is 285 g/mol. The number of rotatable bonds is 7. The Hall–Kier alpha value is -1.61. The Morgan fingerprint density at radius 1 is 1.19 bits per heavy atom. The summed E-state index contributed by atoms with van der Waals surface area (Å²) in [5.74, 6) is 0.595. The molecule has 0 amide bonds. The Balaban J connectivity index is 2.06. The summed E-state index contributed by atoms with van der Waals surface area (Å²) < 4.78 is 1.88. The Bertz CT molecular complexity index is 557. The van der Waals surface area contributed by atoms with Crippen LogP contribution in [0, 0.1) is 12.8 Å². The summed E-state index contributed by atoms with van der Waals surface area (Å²) in [5.41, 5.74) is 4.16. The van der Waals surface area contributed by atoms with Crippen LogP contribution in [0.3, 0.4) is 0 Å². The van der Waals surface area contributed by atoms with Gasteiger partial charge in [-0.25, -0.2) is 0 Å². The molecular weight excluding hydrogens is 258 g/mol. The Morgan fingerprint density at radius 3 is 2.57 bits per heavy atom. The van der Waals surface area contributed by atoms with Crippen LogP contribution in [0.4, 0.5) is 0 Å². The zero-order chi connectivity index (χ0) is 15.2. The first-order valence-corrected chi connectivity index (χ1v) is 7.80. The van der Waals surface area contributed by atoms with Gasteiger partial charge in [0.1, 0.15) is 0 Å². The molecule has 1 N–H and O–H groups in total. The fourth-order valence-electron chi connectivity index (χ4n) is 2.68. The van der Waals surface area contributed by atoms with Gasteiger partial charge in [-0.3, -0.25) is 4.68 Å². The first kappa shape index (κ1) is 15.8. The van der Waals surface area contributed by atoms with Crippen molar-refractivity contribution in [3.8, 4) is 0 Å². The summed E-state index contributed by atoms with van der Waals surface area (Å²) in [6.45, 7) is 7.65. The second-order valence-electron chi connectivity index (χ2n) is 6.29. The molecule has 0 aliphatic heterocycles. The van der Waals surface area contributed by atoms with E-state index < -0.39 is 0 Å². The van der Waals surface area contributed by atoms with E-state index in [1.54, 1.807) is 0 Å². The van der Waals surface area contributed by atoms with Crippen molar-refractivity contribution in [2.24, 2.45) is 13.0 Å².